The predicted molar refractivity (Wildman–Crippen MR) is 62.2 cm³/mol. The van der Waals surface area contributed by atoms with E-state index in [1.54, 1.807) is 18.3 Å². The summed E-state index contributed by atoms with van der Waals surface area (Å²) < 4.78 is 18.6. The lowest BCUT2D eigenvalue weighted by Gasteiger charge is -1.96. The van der Waals surface area contributed by atoms with Crippen LogP contribution in [0.15, 0.2) is 41.2 Å². The highest BCUT2D eigenvalue weighted by Gasteiger charge is 2.10. The maximum absolute atomic E-state index is 13.0. The lowest BCUT2D eigenvalue weighted by Crippen LogP contribution is -1.82. The Balaban J connectivity index is 2.22. The van der Waals surface area contributed by atoms with Gasteiger partial charge in [0, 0.05) is 11.6 Å². The maximum Gasteiger partial charge on any atom is 0.143 e. The van der Waals surface area contributed by atoms with E-state index in [1.165, 1.54) is 18.5 Å². The van der Waals surface area contributed by atoms with Crippen molar-refractivity contribution >= 4 is 22.6 Å². The lowest BCUT2D eigenvalue weighted by molar-refractivity contribution is 0.618. The summed E-state index contributed by atoms with van der Waals surface area (Å²) in [6.07, 6.45) is 2.91. The molecule has 0 amide bonds. The average Bonchev–Trinajstić information content (AvgIpc) is 2.72. The third-order valence-corrected chi connectivity index (χ3v) is 2.71. The van der Waals surface area contributed by atoms with Gasteiger partial charge in [-0.05, 0) is 24.3 Å². The molecule has 0 radical (unpaired) electrons. The van der Waals surface area contributed by atoms with Crippen LogP contribution in [0.3, 0.4) is 0 Å². The molecule has 17 heavy (non-hydrogen) atoms. The molecule has 84 valence electrons. The van der Waals surface area contributed by atoms with Gasteiger partial charge in [0.15, 0.2) is 0 Å². The van der Waals surface area contributed by atoms with E-state index in [9.17, 15) is 4.39 Å². The maximum atomic E-state index is 13.0. The summed E-state index contributed by atoms with van der Waals surface area (Å²) in [5.74, 6) is 0.219. The number of furan rings is 1. The number of aromatic nitrogens is 2. The normalized spacial score (nSPS) is 10.9. The topological polar surface area (TPSA) is 38.9 Å². The number of fused-ring (bicyclic) bond motifs is 1. The average molecular weight is 249 g/mol. The van der Waals surface area contributed by atoms with Crippen molar-refractivity contribution in [3.63, 3.8) is 0 Å². The summed E-state index contributed by atoms with van der Waals surface area (Å²) in [5, 5.41) is 0.986. The Morgan fingerprint density at radius 2 is 2.12 bits per heavy atom. The van der Waals surface area contributed by atoms with Gasteiger partial charge in [-0.25, -0.2) is 14.4 Å². The smallest absolute Gasteiger partial charge is 0.143 e. The molecule has 0 atom stereocenters. The molecule has 0 bridgehead atoms. The van der Waals surface area contributed by atoms with E-state index in [0.29, 0.717) is 27.4 Å². The number of rotatable bonds is 1. The number of hydrogen-bond donors (Lipinski definition) is 0. The summed E-state index contributed by atoms with van der Waals surface area (Å²) >= 11 is 5.93. The summed E-state index contributed by atoms with van der Waals surface area (Å²) in [6.45, 7) is 0. The van der Waals surface area contributed by atoms with Gasteiger partial charge < -0.3 is 4.42 Å². The molecule has 3 nitrogen and oxygen atoms in total. The van der Waals surface area contributed by atoms with E-state index in [1.807, 2.05) is 0 Å². The molecule has 0 aliphatic rings. The highest BCUT2D eigenvalue weighted by atomic mass is 35.5. The van der Waals surface area contributed by atoms with Crippen LogP contribution in [0.5, 0.6) is 0 Å². The van der Waals surface area contributed by atoms with Gasteiger partial charge >= 0.3 is 0 Å². The summed E-state index contributed by atoms with van der Waals surface area (Å²) in [7, 11) is 0. The minimum Gasteiger partial charge on any atom is -0.456 e. The van der Waals surface area contributed by atoms with Crippen molar-refractivity contribution in [2.45, 2.75) is 0 Å². The van der Waals surface area contributed by atoms with Crippen LogP contribution in [-0.4, -0.2) is 9.97 Å². The van der Waals surface area contributed by atoms with Crippen LogP contribution >= 0.6 is 11.6 Å². The van der Waals surface area contributed by atoms with Crippen molar-refractivity contribution in [3.05, 3.63) is 47.8 Å². The standard InChI is InChI=1S/C12H6ClFN2O/c13-12-9(5-15-6-16-12)11-4-7-3-8(14)1-2-10(7)17-11/h1-6H. The van der Waals surface area contributed by atoms with E-state index < -0.39 is 0 Å². The molecule has 0 saturated carbocycles. The molecule has 0 fully saturated rings. The first kappa shape index (κ1) is 10.2. The van der Waals surface area contributed by atoms with Gasteiger partial charge in [0.2, 0.25) is 0 Å². The van der Waals surface area contributed by atoms with Crippen molar-refractivity contribution in [3.8, 4) is 11.3 Å². The van der Waals surface area contributed by atoms with Gasteiger partial charge in [-0.2, -0.15) is 0 Å². The van der Waals surface area contributed by atoms with Crippen molar-refractivity contribution in [1.29, 1.82) is 0 Å². The molecule has 0 saturated heterocycles. The van der Waals surface area contributed by atoms with Crippen LogP contribution in [0, 0.1) is 5.82 Å². The van der Waals surface area contributed by atoms with Gasteiger partial charge in [0.25, 0.3) is 0 Å². The quantitative estimate of drug-likeness (QED) is 0.617. The van der Waals surface area contributed by atoms with Crippen LogP contribution in [0.1, 0.15) is 0 Å². The fourth-order valence-electron chi connectivity index (χ4n) is 1.63. The minimum atomic E-state index is -0.305. The molecule has 5 heteroatoms. The van der Waals surface area contributed by atoms with Gasteiger partial charge in [-0.1, -0.05) is 11.6 Å². The van der Waals surface area contributed by atoms with E-state index in [0.717, 1.165) is 0 Å². The Bertz CT molecular complexity index is 696. The van der Waals surface area contributed by atoms with Crippen molar-refractivity contribution in [2.24, 2.45) is 0 Å². The zero-order valence-corrected chi connectivity index (χ0v) is 9.28. The third kappa shape index (κ3) is 1.76. The molecular formula is C12H6ClFN2O. The Labute approximate surface area is 101 Å². The Morgan fingerprint density at radius 3 is 2.94 bits per heavy atom. The summed E-state index contributed by atoms with van der Waals surface area (Å²) in [4.78, 5) is 7.74. The molecule has 2 aromatic heterocycles. The summed E-state index contributed by atoms with van der Waals surface area (Å²) in [6, 6.07) is 6.04. The second-order valence-electron chi connectivity index (χ2n) is 3.52. The lowest BCUT2D eigenvalue weighted by atomic mass is 10.2. The number of halogens is 2. The zero-order chi connectivity index (χ0) is 11.8. The molecule has 2 heterocycles. The first-order valence-electron chi connectivity index (χ1n) is 4.89. The van der Waals surface area contributed by atoms with Crippen molar-refractivity contribution in [2.75, 3.05) is 0 Å². The molecule has 0 N–H and O–H groups in total. The van der Waals surface area contributed by atoms with Gasteiger partial charge in [0.05, 0.1) is 5.56 Å². The third-order valence-electron chi connectivity index (χ3n) is 2.41. The number of benzene rings is 1. The molecule has 0 aliphatic heterocycles. The fourth-order valence-corrected chi connectivity index (χ4v) is 1.81. The number of hydrogen-bond acceptors (Lipinski definition) is 3. The SMILES string of the molecule is Fc1ccc2oc(-c3cncnc3Cl)cc2c1. The van der Waals surface area contributed by atoms with E-state index in [4.69, 9.17) is 16.0 Å². The van der Waals surface area contributed by atoms with E-state index in [2.05, 4.69) is 9.97 Å². The fraction of sp³-hybridized carbons (Fsp3) is 0. The van der Waals surface area contributed by atoms with E-state index >= 15 is 0 Å². The highest BCUT2D eigenvalue weighted by molar-refractivity contribution is 6.31. The molecular weight excluding hydrogens is 243 g/mol. The van der Waals surface area contributed by atoms with Crippen LogP contribution in [0.25, 0.3) is 22.3 Å². The van der Waals surface area contributed by atoms with Crippen LogP contribution in [0.4, 0.5) is 4.39 Å². The first-order valence-corrected chi connectivity index (χ1v) is 5.27. The first-order chi connectivity index (χ1) is 8.24. The van der Waals surface area contributed by atoms with E-state index in [-0.39, 0.29) is 5.82 Å². The van der Waals surface area contributed by atoms with Crippen LogP contribution in [0.2, 0.25) is 5.15 Å². The van der Waals surface area contributed by atoms with Crippen molar-refractivity contribution in [1.82, 2.24) is 9.97 Å². The van der Waals surface area contributed by atoms with Gasteiger partial charge in [0.1, 0.15) is 28.6 Å². The Morgan fingerprint density at radius 1 is 1.24 bits per heavy atom. The Kier molecular flexibility index (Phi) is 2.30. The predicted octanol–water partition coefficient (Wildman–Crippen LogP) is 3.68. The molecule has 0 unspecified atom stereocenters. The van der Waals surface area contributed by atoms with Crippen LogP contribution in [-0.2, 0) is 0 Å². The zero-order valence-electron chi connectivity index (χ0n) is 8.52. The molecule has 0 aliphatic carbocycles. The van der Waals surface area contributed by atoms with Gasteiger partial charge in [-0.3, -0.25) is 0 Å². The Hall–Kier alpha value is -1.94. The van der Waals surface area contributed by atoms with Crippen molar-refractivity contribution < 1.29 is 8.81 Å². The number of nitrogens with zero attached hydrogens (tertiary/aromatic N) is 2. The monoisotopic (exact) mass is 248 g/mol. The molecule has 3 rings (SSSR count). The highest BCUT2D eigenvalue weighted by Crippen LogP contribution is 2.30. The minimum absolute atomic E-state index is 0.305. The summed E-state index contributed by atoms with van der Waals surface area (Å²) in [5.41, 5.74) is 1.19. The second-order valence-corrected chi connectivity index (χ2v) is 3.88. The largest absolute Gasteiger partial charge is 0.456 e. The second kappa shape index (κ2) is 3.82. The van der Waals surface area contributed by atoms with Crippen LogP contribution < -0.4 is 0 Å². The van der Waals surface area contributed by atoms with Gasteiger partial charge in [-0.15, -0.1) is 0 Å². The molecule has 3 aromatic rings. The molecule has 0 spiro atoms. The molecule has 1 aromatic carbocycles.